The van der Waals surface area contributed by atoms with Gasteiger partial charge in [-0.3, -0.25) is 4.79 Å². The number of carbonyl (C=O) groups excluding carboxylic acids is 1. The molecule has 1 aliphatic rings. The predicted octanol–water partition coefficient (Wildman–Crippen LogP) is 5.01. The van der Waals surface area contributed by atoms with Crippen LogP contribution in [0.4, 0.5) is 0 Å². The van der Waals surface area contributed by atoms with Crippen LogP contribution in [0.5, 0.6) is 5.75 Å². The number of ether oxygens (including phenoxy) is 1. The lowest BCUT2D eigenvalue weighted by Crippen LogP contribution is -2.21. The summed E-state index contributed by atoms with van der Waals surface area (Å²) in [4.78, 5) is 12.1. The van der Waals surface area contributed by atoms with Crippen LogP contribution in [0.2, 0.25) is 0 Å². The van der Waals surface area contributed by atoms with Gasteiger partial charge < -0.3 is 4.74 Å². The van der Waals surface area contributed by atoms with Crippen molar-refractivity contribution in [2.75, 3.05) is 7.11 Å². The molecule has 138 valence electrons. The van der Waals surface area contributed by atoms with Crippen molar-refractivity contribution in [1.29, 1.82) is 0 Å². The van der Waals surface area contributed by atoms with E-state index in [0.717, 1.165) is 29.9 Å². The minimum atomic E-state index is -0.0521. The van der Waals surface area contributed by atoms with Crippen LogP contribution in [0.25, 0.3) is 0 Å². The van der Waals surface area contributed by atoms with Gasteiger partial charge in [-0.25, -0.2) is 5.43 Å². The van der Waals surface area contributed by atoms with Gasteiger partial charge in [0.15, 0.2) is 0 Å². The number of hydrazone groups is 1. The van der Waals surface area contributed by atoms with E-state index in [9.17, 15) is 4.79 Å². The monoisotopic (exact) mass is 344 g/mol. The first kappa shape index (κ1) is 19.5. The summed E-state index contributed by atoms with van der Waals surface area (Å²) in [5.74, 6) is 0.751. The summed E-state index contributed by atoms with van der Waals surface area (Å²) in [7, 11) is 1.64. The molecule has 0 spiro atoms. The minimum Gasteiger partial charge on any atom is -0.497 e. The second-order valence-electron chi connectivity index (χ2n) is 6.92. The summed E-state index contributed by atoms with van der Waals surface area (Å²) < 4.78 is 5.14. The van der Waals surface area contributed by atoms with Gasteiger partial charge in [-0.05, 0) is 43.4 Å². The molecule has 4 heteroatoms. The lowest BCUT2D eigenvalue weighted by molar-refractivity contribution is -0.120. The highest BCUT2D eigenvalue weighted by molar-refractivity contribution is 5.86. The van der Waals surface area contributed by atoms with Crippen LogP contribution in [0, 0.1) is 0 Å². The fourth-order valence-corrected chi connectivity index (χ4v) is 3.24. The van der Waals surface area contributed by atoms with Crippen molar-refractivity contribution in [3.63, 3.8) is 0 Å². The maximum atomic E-state index is 12.1. The van der Waals surface area contributed by atoms with Gasteiger partial charge in [-0.15, -0.1) is 0 Å². The van der Waals surface area contributed by atoms with Gasteiger partial charge in [-0.1, -0.05) is 57.1 Å². The largest absolute Gasteiger partial charge is 0.497 e. The van der Waals surface area contributed by atoms with Gasteiger partial charge in [-0.2, -0.15) is 5.10 Å². The number of hydrogen-bond donors (Lipinski definition) is 1. The molecular formula is C21H32N2O2. The van der Waals surface area contributed by atoms with E-state index in [-0.39, 0.29) is 5.91 Å². The van der Waals surface area contributed by atoms with Gasteiger partial charge in [0, 0.05) is 5.71 Å². The predicted molar refractivity (Wildman–Crippen MR) is 103 cm³/mol. The third kappa shape index (κ3) is 8.19. The molecule has 0 radical (unpaired) electrons. The molecule has 0 saturated heterocycles. The molecule has 0 atom stereocenters. The molecule has 0 aromatic heterocycles. The molecule has 1 saturated carbocycles. The van der Waals surface area contributed by atoms with Crippen LogP contribution in [0.3, 0.4) is 0 Å². The molecule has 1 aromatic rings. The molecular weight excluding hydrogens is 312 g/mol. The van der Waals surface area contributed by atoms with Crippen molar-refractivity contribution < 1.29 is 9.53 Å². The lowest BCUT2D eigenvalue weighted by Gasteiger charge is -2.10. The van der Waals surface area contributed by atoms with Crippen molar-refractivity contribution in [2.24, 2.45) is 5.10 Å². The summed E-state index contributed by atoms with van der Waals surface area (Å²) in [5, 5.41) is 4.43. The summed E-state index contributed by atoms with van der Waals surface area (Å²) in [5.41, 5.74) is 4.89. The first-order valence-corrected chi connectivity index (χ1v) is 9.75. The molecule has 0 unspecified atom stereocenters. The Labute approximate surface area is 152 Å². The number of carbonyl (C=O) groups is 1. The standard InChI is InChI=1S/C21H32N2O2/c1-25-20-15-13-18(14-16-20)17-21(24)23-22-19-11-9-7-5-3-2-4-6-8-10-12-19/h13-16H,2-12,17H2,1H3,(H,23,24). The molecule has 25 heavy (non-hydrogen) atoms. The first-order chi connectivity index (χ1) is 12.3. The summed E-state index contributed by atoms with van der Waals surface area (Å²) in [6.07, 6.45) is 14.1. The average molecular weight is 344 g/mol. The van der Waals surface area contributed by atoms with Crippen molar-refractivity contribution in [2.45, 2.75) is 77.0 Å². The highest BCUT2D eigenvalue weighted by Gasteiger charge is 2.06. The van der Waals surface area contributed by atoms with E-state index in [1.807, 2.05) is 24.3 Å². The van der Waals surface area contributed by atoms with Crippen LogP contribution >= 0.6 is 0 Å². The fraction of sp³-hybridized carbons (Fsp3) is 0.619. The molecule has 2 rings (SSSR count). The number of methoxy groups -OCH3 is 1. The van der Waals surface area contributed by atoms with Gasteiger partial charge in [0.1, 0.15) is 5.75 Å². The number of benzene rings is 1. The molecule has 1 fully saturated rings. The molecule has 0 heterocycles. The zero-order valence-electron chi connectivity index (χ0n) is 15.6. The van der Waals surface area contributed by atoms with Crippen molar-refractivity contribution in [1.82, 2.24) is 5.43 Å². The third-order valence-corrected chi connectivity index (χ3v) is 4.79. The second kappa shape index (κ2) is 11.7. The Morgan fingerprint density at radius 2 is 1.44 bits per heavy atom. The Morgan fingerprint density at radius 3 is 1.96 bits per heavy atom. The van der Waals surface area contributed by atoms with Gasteiger partial charge in [0.25, 0.3) is 0 Å². The van der Waals surface area contributed by atoms with Crippen LogP contribution in [-0.2, 0) is 11.2 Å². The first-order valence-electron chi connectivity index (χ1n) is 9.75. The second-order valence-corrected chi connectivity index (χ2v) is 6.92. The molecule has 1 amide bonds. The third-order valence-electron chi connectivity index (χ3n) is 4.79. The summed E-state index contributed by atoms with van der Waals surface area (Å²) in [6, 6.07) is 7.59. The zero-order valence-corrected chi connectivity index (χ0v) is 15.6. The highest BCUT2D eigenvalue weighted by atomic mass is 16.5. The van der Waals surface area contributed by atoms with Crippen LogP contribution in [0.15, 0.2) is 29.4 Å². The van der Waals surface area contributed by atoms with Crippen molar-refractivity contribution >= 4 is 11.6 Å². The molecule has 0 bridgehead atoms. The Kier molecular flexibility index (Phi) is 9.09. The number of nitrogens with one attached hydrogen (secondary N) is 1. The van der Waals surface area contributed by atoms with E-state index in [0.29, 0.717) is 6.42 Å². The summed E-state index contributed by atoms with van der Waals surface area (Å²) in [6.45, 7) is 0. The maximum Gasteiger partial charge on any atom is 0.244 e. The smallest absolute Gasteiger partial charge is 0.244 e. The van der Waals surface area contributed by atoms with Crippen LogP contribution < -0.4 is 10.2 Å². The van der Waals surface area contributed by atoms with E-state index < -0.39 is 0 Å². The molecule has 0 aliphatic heterocycles. The number of amides is 1. The minimum absolute atomic E-state index is 0.0521. The number of rotatable bonds is 4. The van der Waals surface area contributed by atoms with Gasteiger partial charge in [0.05, 0.1) is 13.5 Å². The van der Waals surface area contributed by atoms with Crippen molar-refractivity contribution in [3.05, 3.63) is 29.8 Å². The molecule has 1 aliphatic carbocycles. The SMILES string of the molecule is COc1ccc(CC(=O)NN=C2CCCCCCCCCCC2)cc1. The van der Waals surface area contributed by atoms with E-state index in [1.54, 1.807) is 7.11 Å². The molecule has 1 N–H and O–H groups in total. The van der Waals surface area contributed by atoms with E-state index in [2.05, 4.69) is 10.5 Å². The summed E-state index contributed by atoms with van der Waals surface area (Å²) >= 11 is 0. The Balaban J connectivity index is 1.81. The maximum absolute atomic E-state index is 12.1. The zero-order chi connectivity index (χ0) is 17.7. The van der Waals surface area contributed by atoms with Crippen molar-refractivity contribution in [3.8, 4) is 5.75 Å². The van der Waals surface area contributed by atoms with E-state index in [1.165, 1.54) is 57.8 Å². The van der Waals surface area contributed by atoms with Gasteiger partial charge in [0.2, 0.25) is 5.91 Å². The van der Waals surface area contributed by atoms with E-state index >= 15 is 0 Å². The Bertz CT molecular complexity index is 523. The van der Waals surface area contributed by atoms with Crippen LogP contribution in [-0.4, -0.2) is 18.7 Å². The van der Waals surface area contributed by atoms with Crippen LogP contribution in [0.1, 0.15) is 76.2 Å². The highest BCUT2D eigenvalue weighted by Crippen LogP contribution is 2.15. The molecule has 1 aromatic carbocycles. The average Bonchev–Trinajstić information content (AvgIpc) is 2.62. The molecule has 4 nitrogen and oxygen atoms in total. The lowest BCUT2D eigenvalue weighted by atomic mass is 10.00. The Morgan fingerprint density at radius 1 is 0.920 bits per heavy atom. The van der Waals surface area contributed by atoms with Gasteiger partial charge >= 0.3 is 0 Å². The number of nitrogens with zero attached hydrogens (tertiary/aromatic N) is 1. The van der Waals surface area contributed by atoms with E-state index in [4.69, 9.17) is 4.74 Å². The fourth-order valence-electron chi connectivity index (χ4n) is 3.24. The topological polar surface area (TPSA) is 50.7 Å². The quantitative estimate of drug-likeness (QED) is 0.780. The normalized spacial score (nSPS) is 17.1. The number of hydrogen-bond acceptors (Lipinski definition) is 3. The Hall–Kier alpha value is -1.84.